The molecule has 116 valence electrons. The van der Waals surface area contributed by atoms with Crippen molar-refractivity contribution in [1.29, 1.82) is 0 Å². The van der Waals surface area contributed by atoms with Crippen molar-refractivity contribution in [2.24, 2.45) is 0 Å². The number of amides is 1. The molecule has 1 atom stereocenters. The molecule has 1 aromatic carbocycles. The molecule has 0 radical (unpaired) electrons. The number of aromatic nitrogens is 2. The highest BCUT2D eigenvalue weighted by Crippen LogP contribution is 2.21. The molecule has 0 fully saturated rings. The number of aryl methyl sites for hydroxylation is 1. The Balaban J connectivity index is 2.18. The summed E-state index contributed by atoms with van der Waals surface area (Å²) >= 11 is 0. The summed E-state index contributed by atoms with van der Waals surface area (Å²) in [6.07, 6.45) is 1.84. The topological polar surface area (TPSA) is 90.1 Å². The molecular formula is C15H18N4O3. The predicted molar refractivity (Wildman–Crippen MR) is 81.6 cm³/mol. The summed E-state index contributed by atoms with van der Waals surface area (Å²) < 4.78 is 1.77. The highest BCUT2D eigenvalue weighted by atomic mass is 16.6. The van der Waals surface area contributed by atoms with Gasteiger partial charge in [-0.05, 0) is 32.9 Å². The number of nitro benzene ring substituents is 1. The third kappa shape index (κ3) is 3.13. The number of hydrogen-bond acceptors (Lipinski definition) is 4. The number of nitro groups is 1. The highest BCUT2D eigenvalue weighted by molar-refractivity contribution is 5.96. The molecule has 1 heterocycles. The number of carbonyl (C=O) groups is 1. The Kier molecular flexibility index (Phi) is 4.55. The standard InChI is InChI=1S/C15H18N4O3/c1-4-18-9-8-13(17-18)11(3)16-15(20)12-6-5-7-14(10(12)2)19(21)22/h5-9,11H,4H2,1-3H3,(H,16,20). The number of nitrogens with one attached hydrogen (secondary N) is 1. The van der Waals surface area contributed by atoms with Gasteiger partial charge < -0.3 is 5.32 Å². The zero-order valence-corrected chi connectivity index (χ0v) is 12.7. The molecule has 0 aliphatic rings. The highest BCUT2D eigenvalue weighted by Gasteiger charge is 2.20. The number of hydrogen-bond donors (Lipinski definition) is 1. The van der Waals surface area contributed by atoms with Crippen molar-refractivity contribution >= 4 is 11.6 Å². The van der Waals surface area contributed by atoms with E-state index in [1.165, 1.54) is 12.1 Å². The van der Waals surface area contributed by atoms with Crippen LogP contribution < -0.4 is 5.32 Å². The first kappa shape index (κ1) is 15.7. The molecule has 1 amide bonds. The summed E-state index contributed by atoms with van der Waals surface area (Å²) in [6, 6.07) is 6.04. The minimum atomic E-state index is -0.488. The summed E-state index contributed by atoms with van der Waals surface area (Å²) in [5.74, 6) is -0.347. The molecule has 1 aromatic heterocycles. The van der Waals surface area contributed by atoms with Gasteiger partial charge >= 0.3 is 0 Å². The molecule has 2 rings (SSSR count). The fourth-order valence-corrected chi connectivity index (χ4v) is 2.20. The molecule has 7 nitrogen and oxygen atoms in total. The van der Waals surface area contributed by atoms with Crippen LogP contribution in [0.4, 0.5) is 5.69 Å². The van der Waals surface area contributed by atoms with Gasteiger partial charge in [0.15, 0.2) is 0 Å². The van der Waals surface area contributed by atoms with E-state index >= 15 is 0 Å². The SMILES string of the molecule is CCn1ccc(C(C)NC(=O)c2cccc([N+](=O)[O-])c2C)n1. The van der Waals surface area contributed by atoms with Crippen LogP contribution in [0.3, 0.4) is 0 Å². The lowest BCUT2D eigenvalue weighted by atomic mass is 10.1. The van der Waals surface area contributed by atoms with Crippen molar-refractivity contribution in [3.05, 3.63) is 57.4 Å². The van der Waals surface area contributed by atoms with E-state index in [-0.39, 0.29) is 17.6 Å². The molecule has 0 aliphatic heterocycles. The van der Waals surface area contributed by atoms with Crippen LogP contribution in [0, 0.1) is 17.0 Å². The number of rotatable bonds is 5. The summed E-state index contributed by atoms with van der Waals surface area (Å²) in [7, 11) is 0. The van der Waals surface area contributed by atoms with Crippen LogP contribution in [0.1, 0.15) is 41.5 Å². The van der Waals surface area contributed by atoms with Gasteiger partial charge in [0.05, 0.1) is 16.7 Å². The quantitative estimate of drug-likeness (QED) is 0.679. The van der Waals surface area contributed by atoms with Crippen molar-refractivity contribution in [2.75, 3.05) is 0 Å². The first-order valence-corrected chi connectivity index (χ1v) is 7.02. The van der Waals surface area contributed by atoms with Gasteiger partial charge in [-0.15, -0.1) is 0 Å². The zero-order chi connectivity index (χ0) is 16.3. The summed E-state index contributed by atoms with van der Waals surface area (Å²) in [5.41, 5.74) is 1.35. The third-order valence-electron chi connectivity index (χ3n) is 3.52. The maximum atomic E-state index is 12.3. The lowest BCUT2D eigenvalue weighted by Crippen LogP contribution is -2.27. The second kappa shape index (κ2) is 6.38. The maximum absolute atomic E-state index is 12.3. The Hall–Kier alpha value is -2.70. The van der Waals surface area contributed by atoms with E-state index in [0.29, 0.717) is 11.1 Å². The monoisotopic (exact) mass is 302 g/mol. The first-order valence-electron chi connectivity index (χ1n) is 7.02. The predicted octanol–water partition coefficient (Wildman–Crippen LogP) is 2.61. The van der Waals surface area contributed by atoms with Crippen molar-refractivity contribution in [1.82, 2.24) is 15.1 Å². The van der Waals surface area contributed by atoms with E-state index in [4.69, 9.17) is 0 Å². The van der Waals surface area contributed by atoms with Gasteiger partial charge in [0.1, 0.15) is 0 Å². The summed E-state index contributed by atoms with van der Waals surface area (Å²) in [5, 5.41) is 18.1. The Morgan fingerprint density at radius 2 is 2.18 bits per heavy atom. The first-order chi connectivity index (χ1) is 10.4. The fourth-order valence-electron chi connectivity index (χ4n) is 2.20. The minimum Gasteiger partial charge on any atom is -0.344 e. The molecule has 0 bridgehead atoms. The molecule has 7 heteroatoms. The van der Waals surface area contributed by atoms with Gasteiger partial charge in [-0.3, -0.25) is 19.6 Å². The van der Waals surface area contributed by atoms with Crippen molar-refractivity contribution in [3.8, 4) is 0 Å². The molecule has 2 aromatic rings. The largest absolute Gasteiger partial charge is 0.344 e. The average molecular weight is 302 g/mol. The molecule has 1 unspecified atom stereocenters. The number of carbonyl (C=O) groups excluding carboxylic acids is 1. The summed E-state index contributed by atoms with van der Waals surface area (Å²) in [4.78, 5) is 22.8. The van der Waals surface area contributed by atoms with Crippen molar-refractivity contribution in [3.63, 3.8) is 0 Å². The Bertz CT molecular complexity index is 709. The van der Waals surface area contributed by atoms with Crippen LogP contribution in [0.25, 0.3) is 0 Å². The van der Waals surface area contributed by atoms with E-state index in [1.54, 1.807) is 17.7 Å². The fraction of sp³-hybridized carbons (Fsp3) is 0.333. The molecule has 0 spiro atoms. The van der Waals surface area contributed by atoms with Crippen LogP contribution in [0.15, 0.2) is 30.5 Å². The normalized spacial score (nSPS) is 12.0. The van der Waals surface area contributed by atoms with Gasteiger partial charge in [0, 0.05) is 29.9 Å². The second-order valence-electron chi connectivity index (χ2n) is 5.00. The van der Waals surface area contributed by atoms with E-state index in [9.17, 15) is 14.9 Å². The Morgan fingerprint density at radius 3 is 2.77 bits per heavy atom. The molecular weight excluding hydrogens is 284 g/mol. The van der Waals surface area contributed by atoms with E-state index in [1.807, 2.05) is 26.1 Å². The van der Waals surface area contributed by atoms with E-state index < -0.39 is 4.92 Å². The van der Waals surface area contributed by atoms with E-state index in [0.717, 1.165) is 12.2 Å². The number of nitrogens with zero attached hydrogens (tertiary/aromatic N) is 3. The van der Waals surface area contributed by atoms with Gasteiger partial charge in [-0.1, -0.05) is 6.07 Å². The van der Waals surface area contributed by atoms with E-state index in [2.05, 4.69) is 10.4 Å². The number of benzene rings is 1. The lowest BCUT2D eigenvalue weighted by molar-refractivity contribution is -0.385. The van der Waals surface area contributed by atoms with Gasteiger partial charge in [-0.25, -0.2) is 0 Å². The Labute approximate surface area is 128 Å². The molecule has 0 saturated heterocycles. The zero-order valence-electron chi connectivity index (χ0n) is 12.7. The Morgan fingerprint density at radius 1 is 1.45 bits per heavy atom. The van der Waals surface area contributed by atoms with Crippen LogP contribution in [0.5, 0.6) is 0 Å². The molecule has 0 saturated carbocycles. The van der Waals surface area contributed by atoms with Gasteiger partial charge in [-0.2, -0.15) is 5.10 Å². The molecule has 1 N–H and O–H groups in total. The minimum absolute atomic E-state index is 0.0597. The summed E-state index contributed by atoms with van der Waals surface area (Å²) in [6.45, 7) is 6.13. The van der Waals surface area contributed by atoms with Gasteiger partial charge in [0.2, 0.25) is 0 Å². The van der Waals surface area contributed by atoms with Crippen LogP contribution in [0.2, 0.25) is 0 Å². The van der Waals surface area contributed by atoms with Crippen LogP contribution in [-0.2, 0) is 6.54 Å². The van der Waals surface area contributed by atoms with Crippen LogP contribution in [-0.4, -0.2) is 20.6 Å². The van der Waals surface area contributed by atoms with Crippen molar-refractivity contribution < 1.29 is 9.72 Å². The molecule has 0 aliphatic carbocycles. The van der Waals surface area contributed by atoms with Gasteiger partial charge in [0.25, 0.3) is 11.6 Å². The molecule has 22 heavy (non-hydrogen) atoms. The third-order valence-corrected chi connectivity index (χ3v) is 3.52. The maximum Gasteiger partial charge on any atom is 0.273 e. The second-order valence-corrected chi connectivity index (χ2v) is 5.00. The lowest BCUT2D eigenvalue weighted by Gasteiger charge is -2.13. The average Bonchev–Trinajstić information content (AvgIpc) is 2.96. The van der Waals surface area contributed by atoms with Crippen LogP contribution >= 0.6 is 0 Å². The van der Waals surface area contributed by atoms with Crippen molar-refractivity contribution in [2.45, 2.75) is 33.4 Å². The smallest absolute Gasteiger partial charge is 0.273 e.